The molecule has 3 N–H and O–H groups in total. The summed E-state index contributed by atoms with van der Waals surface area (Å²) in [5.41, 5.74) is 5.80. The Kier molecular flexibility index (Phi) is 3.33. The molecule has 4 heteroatoms. The average Bonchev–Trinajstić information content (AvgIpc) is 1.88. The smallest absolute Gasteiger partial charge is 0.337 e. The molecule has 0 radical (unpaired) electrons. The van der Waals surface area contributed by atoms with Crippen LogP contribution in [0.3, 0.4) is 0 Å². The lowest BCUT2D eigenvalue weighted by Crippen LogP contribution is -2.00. The molecule has 1 rings (SSSR count). The topological polar surface area (TPSA) is 63.3 Å². The third-order valence-electron chi connectivity index (χ3n) is 1.19. The Hall–Kier alpha value is -1.29. The van der Waals surface area contributed by atoms with Crippen LogP contribution in [0.5, 0.6) is 0 Å². The normalized spacial score (nSPS) is 8.36. The maximum atomic E-state index is 10.3. The first-order valence-electron chi connectivity index (χ1n) is 2.79. The predicted molar refractivity (Wildman–Crippen MR) is 49.1 cm³/mol. The van der Waals surface area contributed by atoms with Crippen LogP contribution >= 0.6 is 0 Å². The van der Waals surface area contributed by atoms with E-state index in [9.17, 15) is 4.79 Å². The number of aromatic carboxylic acids is 1. The van der Waals surface area contributed by atoms with Crippen molar-refractivity contribution in [2.45, 2.75) is 0 Å². The van der Waals surface area contributed by atoms with Gasteiger partial charge in [-0.15, -0.1) is 0 Å². The van der Waals surface area contributed by atoms with E-state index in [1.54, 1.807) is 18.2 Å². The molecule has 0 saturated carbocycles. The number of nitrogen functional groups attached to an aromatic ring is 1. The van der Waals surface area contributed by atoms with Gasteiger partial charge < -0.3 is 10.8 Å². The fourth-order valence-electron chi connectivity index (χ4n) is 0.692. The molecule has 0 spiro atoms. The van der Waals surface area contributed by atoms with Crippen LogP contribution in [0, 0.1) is 0 Å². The Balaban J connectivity index is 0.000001000. The summed E-state index contributed by atoms with van der Waals surface area (Å²) in [5, 5.41) is 8.49. The number of anilines is 1. The van der Waals surface area contributed by atoms with E-state index in [2.05, 4.69) is 0 Å². The summed E-state index contributed by atoms with van der Waals surface area (Å²) in [6, 6.07) is 6.36. The monoisotopic (exact) mass is 169 g/mol. The SMILES string of the molecule is Nc1ccccc1C(=O)O.[SiH4]. The summed E-state index contributed by atoms with van der Waals surface area (Å²) in [6.07, 6.45) is 0. The maximum Gasteiger partial charge on any atom is 0.337 e. The Bertz CT molecular complexity index is 262. The molecule has 60 valence electrons. The quantitative estimate of drug-likeness (QED) is 0.441. The van der Waals surface area contributed by atoms with E-state index < -0.39 is 5.97 Å². The van der Waals surface area contributed by atoms with Gasteiger partial charge in [-0.25, -0.2) is 4.79 Å². The number of hydrogen-bond acceptors (Lipinski definition) is 2. The number of hydrogen-bond donors (Lipinski definition) is 2. The van der Waals surface area contributed by atoms with Crippen molar-refractivity contribution in [3.63, 3.8) is 0 Å². The highest BCUT2D eigenvalue weighted by Gasteiger charge is 2.03. The van der Waals surface area contributed by atoms with Crippen molar-refractivity contribution >= 4 is 22.6 Å². The number of benzene rings is 1. The fourth-order valence-corrected chi connectivity index (χ4v) is 0.692. The van der Waals surface area contributed by atoms with E-state index in [0.29, 0.717) is 5.69 Å². The second-order valence-electron chi connectivity index (χ2n) is 1.89. The van der Waals surface area contributed by atoms with Crippen LogP contribution in [-0.2, 0) is 0 Å². The highest BCUT2D eigenvalue weighted by molar-refractivity contribution is 5.93. The number of carboxylic acids is 1. The summed E-state index contributed by atoms with van der Waals surface area (Å²) in [4.78, 5) is 10.3. The highest BCUT2D eigenvalue weighted by Crippen LogP contribution is 2.08. The first-order valence-corrected chi connectivity index (χ1v) is 2.79. The van der Waals surface area contributed by atoms with Crippen molar-refractivity contribution in [3.8, 4) is 0 Å². The van der Waals surface area contributed by atoms with Gasteiger partial charge in [0, 0.05) is 5.69 Å². The van der Waals surface area contributed by atoms with Crippen molar-refractivity contribution in [2.75, 3.05) is 5.73 Å². The van der Waals surface area contributed by atoms with Crippen molar-refractivity contribution in [1.29, 1.82) is 0 Å². The van der Waals surface area contributed by atoms with Gasteiger partial charge in [-0.2, -0.15) is 0 Å². The van der Waals surface area contributed by atoms with Crippen LogP contribution in [0.4, 0.5) is 5.69 Å². The summed E-state index contributed by atoms with van der Waals surface area (Å²) in [5.74, 6) is -0.988. The molecule has 0 unspecified atom stereocenters. The Labute approximate surface area is 68.9 Å². The average molecular weight is 169 g/mol. The highest BCUT2D eigenvalue weighted by atomic mass is 28.1. The first-order chi connectivity index (χ1) is 4.72. The van der Waals surface area contributed by atoms with Crippen LogP contribution < -0.4 is 5.73 Å². The lowest BCUT2D eigenvalue weighted by Gasteiger charge is -1.96. The zero-order valence-corrected chi connectivity index (χ0v) is 5.24. The third kappa shape index (κ3) is 2.08. The molecule has 0 aromatic heterocycles. The lowest BCUT2D eigenvalue weighted by atomic mass is 10.2. The zero-order valence-electron chi connectivity index (χ0n) is 5.24. The summed E-state index contributed by atoms with van der Waals surface area (Å²) >= 11 is 0. The van der Waals surface area contributed by atoms with Gasteiger partial charge in [0.05, 0.1) is 5.56 Å². The van der Waals surface area contributed by atoms with Crippen molar-refractivity contribution in [2.24, 2.45) is 0 Å². The standard InChI is InChI=1S/C7H7NO2.H4Si/c8-6-4-2-1-3-5(6)7(9)10;/h1-4H,8H2,(H,9,10);1H4. The first kappa shape index (κ1) is 9.71. The maximum absolute atomic E-state index is 10.3. The molecule has 0 heterocycles. The molecule has 0 aliphatic rings. The van der Waals surface area contributed by atoms with Gasteiger partial charge in [0.15, 0.2) is 0 Å². The van der Waals surface area contributed by atoms with Crippen LogP contribution in [0.1, 0.15) is 10.4 Å². The Morgan fingerprint density at radius 1 is 1.36 bits per heavy atom. The molecule has 3 nitrogen and oxygen atoms in total. The van der Waals surface area contributed by atoms with Gasteiger partial charge in [0.25, 0.3) is 0 Å². The number of nitrogens with two attached hydrogens (primary N) is 1. The van der Waals surface area contributed by atoms with Crippen LogP contribution in [0.15, 0.2) is 24.3 Å². The molecule has 0 bridgehead atoms. The minimum absolute atomic E-state index is 0. The Morgan fingerprint density at radius 3 is 2.27 bits per heavy atom. The van der Waals surface area contributed by atoms with Gasteiger partial charge in [-0.1, -0.05) is 12.1 Å². The second kappa shape index (κ2) is 3.77. The molecule has 0 aliphatic carbocycles. The summed E-state index contributed by atoms with van der Waals surface area (Å²) in [7, 11) is 0. The van der Waals surface area contributed by atoms with E-state index in [4.69, 9.17) is 10.8 Å². The lowest BCUT2D eigenvalue weighted by molar-refractivity contribution is 0.0698. The van der Waals surface area contributed by atoms with E-state index in [0.717, 1.165) is 0 Å². The van der Waals surface area contributed by atoms with Gasteiger partial charge in [-0.3, -0.25) is 0 Å². The molecule has 11 heavy (non-hydrogen) atoms. The second-order valence-corrected chi connectivity index (χ2v) is 1.89. The molecule has 0 aliphatic heterocycles. The zero-order chi connectivity index (χ0) is 7.56. The molecular weight excluding hydrogens is 158 g/mol. The summed E-state index contributed by atoms with van der Waals surface area (Å²) in [6.45, 7) is 0. The summed E-state index contributed by atoms with van der Waals surface area (Å²) < 4.78 is 0. The van der Waals surface area contributed by atoms with E-state index in [1.165, 1.54) is 6.07 Å². The van der Waals surface area contributed by atoms with Gasteiger partial charge >= 0.3 is 5.97 Å². The van der Waals surface area contributed by atoms with Crippen LogP contribution in [0.25, 0.3) is 0 Å². The van der Waals surface area contributed by atoms with Crippen LogP contribution in [0.2, 0.25) is 0 Å². The minimum Gasteiger partial charge on any atom is -0.478 e. The minimum atomic E-state index is -0.988. The molecule has 0 amide bonds. The molecule has 0 atom stereocenters. The molecule has 0 saturated heterocycles. The Morgan fingerprint density at radius 2 is 1.91 bits per heavy atom. The largest absolute Gasteiger partial charge is 0.478 e. The van der Waals surface area contributed by atoms with E-state index in [-0.39, 0.29) is 16.5 Å². The van der Waals surface area contributed by atoms with Crippen molar-refractivity contribution < 1.29 is 9.90 Å². The number of carbonyl (C=O) groups is 1. The molecular formula is C7H11NO2Si. The van der Waals surface area contributed by atoms with Gasteiger partial charge in [-0.05, 0) is 23.1 Å². The number of rotatable bonds is 1. The third-order valence-corrected chi connectivity index (χ3v) is 1.19. The molecule has 0 fully saturated rings. The van der Waals surface area contributed by atoms with Crippen molar-refractivity contribution in [3.05, 3.63) is 29.8 Å². The van der Waals surface area contributed by atoms with Gasteiger partial charge in [0.2, 0.25) is 0 Å². The van der Waals surface area contributed by atoms with Crippen LogP contribution in [-0.4, -0.2) is 22.0 Å². The molecule has 1 aromatic carbocycles. The van der Waals surface area contributed by atoms with E-state index in [1.807, 2.05) is 0 Å². The van der Waals surface area contributed by atoms with Gasteiger partial charge in [0.1, 0.15) is 0 Å². The van der Waals surface area contributed by atoms with E-state index >= 15 is 0 Å². The van der Waals surface area contributed by atoms with Crippen molar-refractivity contribution in [1.82, 2.24) is 0 Å². The fraction of sp³-hybridized carbons (Fsp3) is 0. The number of carboxylic acid groups (broad SMARTS) is 1. The predicted octanol–water partition coefficient (Wildman–Crippen LogP) is -0.485. The number of para-hydroxylation sites is 1. The molecule has 1 aromatic rings.